The Hall–Kier alpha value is -3.68. The molecule has 234 valence electrons. The van der Waals surface area contributed by atoms with E-state index in [0.717, 1.165) is 43.2 Å². The summed E-state index contributed by atoms with van der Waals surface area (Å²) in [4.78, 5) is 54.6. The number of amides is 3. The third-order valence-electron chi connectivity index (χ3n) is 8.42. The van der Waals surface area contributed by atoms with E-state index in [2.05, 4.69) is 22.9 Å². The van der Waals surface area contributed by atoms with Crippen LogP contribution in [0.2, 0.25) is 0 Å². The van der Waals surface area contributed by atoms with Crippen LogP contribution in [0.3, 0.4) is 0 Å². The normalized spacial score (nSPS) is 23.3. The van der Waals surface area contributed by atoms with Crippen LogP contribution in [0.15, 0.2) is 60.7 Å². The van der Waals surface area contributed by atoms with Crippen molar-refractivity contribution in [2.24, 2.45) is 11.8 Å². The van der Waals surface area contributed by atoms with Crippen LogP contribution in [0.4, 0.5) is 0 Å². The molecule has 1 aliphatic heterocycles. The van der Waals surface area contributed by atoms with E-state index in [1.54, 1.807) is 0 Å². The van der Waals surface area contributed by atoms with Crippen molar-refractivity contribution in [1.29, 1.82) is 0 Å². The van der Waals surface area contributed by atoms with Crippen molar-refractivity contribution in [3.8, 4) is 0 Å². The fourth-order valence-corrected chi connectivity index (χ4v) is 5.41. The molecule has 0 aliphatic carbocycles. The molecule has 6 atom stereocenters. The average molecular weight is 592 g/mol. The molecule has 3 rings (SSSR count). The van der Waals surface area contributed by atoms with Crippen LogP contribution in [0.5, 0.6) is 0 Å². The van der Waals surface area contributed by atoms with E-state index in [9.17, 15) is 19.2 Å². The topological polar surface area (TPSA) is 114 Å². The van der Waals surface area contributed by atoms with E-state index in [0.29, 0.717) is 6.42 Å². The first-order chi connectivity index (χ1) is 20.7. The van der Waals surface area contributed by atoms with Crippen LogP contribution in [0.1, 0.15) is 83.8 Å². The maximum absolute atomic E-state index is 13.8. The lowest BCUT2D eigenvalue weighted by molar-refractivity contribution is -0.158. The van der Waals surface area contributed by atoms with Gasteiger partial charge in [-0.2, -0.15) is 0 Å². The highest BCUT2D eigenvalue weighted by atomic mass is 16.5. The number of cyclic esters (lactones) is 1. The van der Waals surface area contributed by atoms with E-state index in [1.165, 1.54) is 0 Å². The lowest BCUT2D eigenvalue weighted by Crippen LogP contribution is -2.57. The fraction of sp³-hybridized carbons (Fsp3) is 0.543. The predicted molar refractivity (Wildman–Crippen MR) is 168 cm³/mol. The summed E-state index contributed by atoms with van der Waals surface area (Å²) < 4.78 is 6.05. The number of unbranched alkanes of at least 4 members (excludes halogenated alkanes) is 3. The highest BCUT2D eigenvalue weighted by Crippen LogP contribution is 2.22. The Balaban J connectivity index is 1.96. The Morgan fingerprint density at radius 2 is 1.28 bits per heavy atom. The molecule has 8 heteroatoms. The summed E-state index contributed by atoms with van der Waals surface area (Å²) in [6.07, 6.45) is 5.45. The highest BCUT2D eigenvalue weighted by molar-refractivity contribution is 5.94. The lowest BCUT2D eigenvalue weighted by Gasteiger charge is -2.29. The summed E-state index contributed by atoms with van der Waals surface area (Å²) in [6, 6.07) is 16.1. The first kappa shape index (κ1) is 33.8. The Morgan fingerprint density at radius 1 is 0.721 bits per heavy atom. The van der Waals surface area contributed by atoms with Gasteiger partial charge in [0.25, 0.3) is 0 Å². The van der Waals surface area contributed by atoms with Gasteiger partial charge in [-0.3, -0.25) is 14.4 Å². The van der Waals surface area contributed by atoms with Gasteiger partial charge in [0.1, 0.15) is 24.2 Å². The van der Waals surface area contributed by atoms with Crippen LogP contribution >= 0.6 is 0 Å². The first-order valence-corrected chi connectivity index (χ1v) is 15.9. The molecule has 0 saturated carbocycles. The summed E-state index contributed by atoms with van der Waals surface area (Å²) >= 11 is 0. The molecular formula is C35H49N3O5. The highest BCUT2D eigenvalue weighted by Gasteiger charge is 2.36. The second kappa shape index (κ2) is 17.4. The molecule has 43 heavy (non-hydrogen) atoms. The van der Waals surface area contributed by atoms with Crippen LogP contribution in [-0.4, -0.2) is 47.9 Å². The van der Waals surface area contributed by atoms with Crippen molar-refractivity contribution in [2.45, 2.75) is 110 Å². The minimum atomic E-state index is -0.960. The molecule has 6 unspecified atom stereocenters. The molecule has 1 fully saturated rings. The molecule has 0 bridgehead atoms. The summed E-state index contributed by atoms with van der Waals surface area (Å²) in [7, 11) is 0. The molecule has 2 aromatic rings. The van der Waals surface area contributed by atoms with Gasteiger partial charge in [0.15, 0.2) is 0 Å². The molecule has 0 aromatic heterocycles. The molecule has 3 amide bonds. The van der Waals surface area contributed by atoms with Crippen LogP contribution in [0.25, 0.3) is 0 Å². The number of hydrogen-bond acceptors (Lipinski definition) is 5. The standard InChI is InChI=1S/C35H49N3O5/c1-5-7-8-11-16-25(4)30-23-31(39)36-28(21-26-17-12-9-13-18-26)33(40)37-29(22-27-19-14-10-15-20-27)34(41)38-32(24(3)6-2)35(42)43-30/h9-10,12-15,17-20,24-25,28-30,32H,5-8,11,16,21-23H2,1-4H3,(H,36,39)(H,37,40)(H,38,41). The number of rotatable bonds is 12. The Kier molecular flexibility index (Phi) is 13.7. The second-order valence-corrected chi connectivity index (χ2v) is 11.9. The minimum absolute atomic E-state index is 0.0616. The lowest BCUT2D eigenvalue weighted by atomic mass is 9.93. The van der Waals surface area contributed by atoms with Gasteiger partial charge in [0.2, 0.25) is 17.7 Å². The monoisotopic (exact) mass is 591 g/mol. The van der Waals surface area contributed by atoms with Gasteiger partial charge in [-0.15, -0.1) is 0 Å². The number of nitrogens with one attached hydrogen (secondary N) is 3. The number of ether oxygens (including phenoxy) is 1. The third kappa shape index (κ3) is 10.8. The zero-order chi connectivity index (χ0) is 31.2. The summed E-state index contributed by atoms with van der Waals surface area (Å²) in [6.45, 7) is 7.99. The molecule has 1 saturated heterocycles. The number of esters is 1. The van der Waals surface area contributed by atoms with Gasteiger partial charge >= 0.3 is 5.97 Å². The maximum Gasteiger partial charge on any atom is 0.329 e. The Labute approximate surface area is 256 Å². The molecule has 1 aliphatic rings. The predicted octanol–water partition coefficient (Wildman–Crippen LogP) is 4.89. The zero-order valence-electron chi connectivity index (χ0n) is 26.1. The summed E-state index contributed by atoms with van der Waals surface area (Å²) in [5, 5.41) is 8.70. The summed E-state index contributed by atoms with van der Waals surface area (Å²) in [5.74, 6) is -2.12. The number of carbonyl (C=O) groups is 4. The van der Waals surface area contributed by atoms with Gasteiger partial charge in [-0.1, -0.05) is 120 Å². The van der Waals surface area contributed by atoms with E-state index in [4.69, 9.17) is 4.74 Å². The van der Waals surface area contributed by atoms with Crippen molar-refractivity contribution < 1.29 is 23.9 Å². The van der Waals surface area contributed by atoms with Gasteiger partial charge in [0.05, 0.1) is 6.42 Å². The van der Waals surface area contributed by atoms with E-state index < -0.39 is 42.0 Å². The van der Waals surface area contributed by atoms with Crippen molar-refractivity contribution in [2.75, 3.05) is 0 Å². The van der Waals surface area contributed by atoms with Gasteiger partial charge in [-0.25, -0.2) is 4.79 Å². The van der Waals surface area contributed by atoms with Crippen LogP contribution < -0.4 is 16.0 Å². The molecular weight excluding hydrogens is 542 g/mol. The quantitative estimate of drug-likeness (QED) is 0.240. The van der Waals surface area contributed by atoms with Gasteiger partial charge in [-0.05, 0) is 29.4 Å². The number of carbonyl (C=O) groups excluding carboxylic acids is 4. The zero-order valence-corrected chi connectivity index (χ0v) is 26.1. The molecule has 0 radical (unpaired) electrons. The van der Waals surface area contributed by atoms with Crippen molar-refractivity contribution in [1.82, 2.24) is 16.0 Å². The third-order valence-corrected chi connectivity index (χ3v) is 8.42. The smallest absolute Gasteiger partial charge is 0.329 e. The van der Waals surface area contributed by atoms with E-state index in [-0.39, 0.29) is 37.0 Å². The molecule has 3 N–H and O–H groups in total. The van der Waals surface area contributed by atoms with Crippen LogP contribution in [0, 0.1) is 11.8 Å². The largest absolute Gasteiger partial charge is 0.460 e. The second-order valence-electron chi connectivity index (χ2n) is 11.9. The number of hydrogen-bond donors (Lipinski definition) is 3. The van der Waals surface area contributed by atoms with Gasteiger partial charge in [0, 0.05) is 12.8 Å². The molecule has 8 nitrogen and oxygen atoms in total. The Morgan fingerprint density at radius 3 is 1.84 bits per heavy atom. The summed E-state index contributed by atoms with van der Waals surface area (Å²) in [5.41, 5.74) is 1.73. The molecule has 1 heterocycles. The van der Waals surface area contributed by atoms with Crippen molar-refractivity contribution >= 4 is 23.7 Å². The van der Waals surface area contributed by atoms with E-state index >= 15 is 0 Å². The maximum atomic E-state index is 13.8. The van der Waals surface area contributed by atoms with Gasteiger partial charge < -0.3 is 20.7 Å². The SMILES string of the molecule is CCCCCCC(C)C1CC(=O)NC(Cc2ccccc2)C(=O)NC(Cc2ccccc2)C(=O)NC(C(C)CC)C(=O)O1. The number of benzene rings is 2. The van der Waals surface area contributed by atoms with E-state index in [1.807, 2.05) is 81.4 Å². The van der Waals surface area contributed by atoms with Crippen molar-refractivity contribution in [3.05, 3.63) is 71.8 Å². The minimum Gasteiger partial charge on any atom is -0.460 e. The first-order valence-electron chi connectivity index (χ1n) is 15.9. The fourth-order valence-electron chi connectivity index (χ4n) is 5.41. The van der Waals surface area contributed by atoms with Crippen molar-refractivity contribution in [3.63, 3.8) is 0 Å². The van der Waals surface area contributed by atoms with Crippen LogP contribution in [-0.2, 0) is 36.8 Å². The average Bonchev–Trinajstić information content (AvgIpc) is 3.01. The molecule has 2 aromatic carbocycles. The Bertz CT molecular complexity index is 1170. The molecule has 0 spiro atoms.